The van der Waals surface area contributed by atoms with E-state index in [1.165, 1.54) is 0 Å². The minimum absolute atomic E-state index is 0.219. The van der Waals surface area contributed by atoms with E-state index in [1.807, 2.05) is 6.07 Å². The van der Waals surface area contributed by atoms with E-state index in [-0.39, 0.29) is 11.8 Å². The Morgan fingerprint density at radius 1 is 1.35 bits per heavy atom. The summed E-state index contributed by atoms with van der Waals surface area (Å²) in [6, 6.07) is 7.03. The first kappa shape index (κ1) is 14.5. The first-order valence-electron chi connectivity index (χ1n) is 6.24. The van der Waals surface area contributed by atoms with Crippen LogP contribution in [0.3, 0.4) is 0 Å². The molecule has 6 heteroatoms. The predicted molar refractivity (Wildman–Crippen MR) is 76.0 cm³/mol. The van der Waals surface area contributed by atoms with Gasteiger partial charge in [0.05, 0.1) is 17.2 Å². The van der Waals surface area contributed by atoms with Crippen LogP contribution in [-0.2, 0) is 9.59 Å². The number of amides is 1. The third kappa shape index (κ3) is 3.17. The van der Waals surface area contributed by atoms with Crippen molar-refractivity contribution in [2.24, 2.45) is 11.8 Å². The van der Waals surface area contributed by atoms with Crippen molar-refractivity contribution in [3.05, 3.63) is 28.2 Å². The van der Waals surface area contributed by atoms with Crippen LogP contribution in [0.25, 0.3) is 0 Å². The van der Waals surface area contributed by atoms with Crippen molar-refractivity contribution < 1.29 is 14.7 Å². The standard InChI is InChI=1S/C14H13BrN2O3/c15-11-4-3-10(7-16)12(6-11)17-13(18)8-1-2-9(5-8)14(19)20/h3-4,6,8-9H,1-2,5H2,(H,17,18)(H,19,20)/t8-,9+/m1/s1. The van der Waals surface area contributed by atoms with Gasteiger partial charge in [-0.05, 0) is 37.5 Å². The molecular weight excluding hydrogens is 324 g/mol. The second-order valence-electron chi connectivity index (χ2n) is 4.84. The highest BCUT2D eigenvalue weighted by molar-refractivity contribution is 9.10. The Labute approximate surface area is 124 Å². The fourth-order valence-corrected chi connectivity index (χ4v) is 2.76. The highest BCUT2D eigenvalue weighted by atomic mass is 79.9. The lowest BCUT2D eigenvalue weighted by Crippen LogP contribution is -2.22. The van der Waals surface area contributed by atoms with Gasteiger partial charge < -0.3 is 10.4 Å². The van der Waals surface area contributed by atoms with Gasteiger partial charge in [0.1, 0.15) is 6.07 Å². The number of carbonyl (C=O) groups excluding carboxylic acids is 1. The molecule has 1 saturated carbocycles. The molecule has 0 aromatic heterocycles. The smallest absolute Gasteiger partial charge is 0.306 e. The second-order valence-corrected chi connectivity index (χ2v) is 5.75. The topological polar surface area (TPSA) is 90.2 Å². The van der Waals surface area contributed by atoms with Crippen LogP contribution in [0.1, 0.15) is 24.8 Å². The molecule has 1 aliphatic carbocycles. The Balaban J connectivity index is 2.08. The normalized spacial score (nSPS) is 21.2. The highest BCUT2D eigenvalue weighted by Crippen LogP contribution is 2.32. The van der Waals surface area contributed by atoms with Crippen LogP contribution in [0.2, 0.25) is 0 Å². The largest absolute Gasteiger partial charge is 0.481 e. The van der Waals surface area contributed by atoms with E-state index in [1.54, 1.807) is 18.2 Å². The third-order valence-electron chi connectivity index (χ3n) is 3.51. The van der Waals surface area contributed by atoms with E-state index in [9.17, 15) is 9.59 Å². The van der Waals surface area contributed by atoms with Crippen molar-refractivity contribution in [2.45, 2.75) is 19.3 Å². The Morgan fingerprint density at radius 2 is 2.05 bits per heavy atom. The molecule has 20 heavy (non-hydrogen) atoms. The summed E-state index contributed by atoms with van der Waals surface area (Å²) in [7, 11) is 0. The van der Waals surface area contributed by atoms with Gasteiger partial charge in [0.2, 0.25) is 5.91 Å². The van der Waals surface area contributed by atoms with Crippen molar-refractivity contribution >= 4 is 33.5 Å². The van der Waals surface area contributed by atoms with Gasteiger partial charge in [-0.2, -0.15) is 5.26 Å². The molecule has 0 spiro atoms. The summed E-state index contributed by atoms with van der Waals surface area (Å²) < 4.78 is 0.765. The van der Waals surface area contributed by atoms with Gasteiger partial charge in [-0.3, -0.25) is 9.59 Å². The van der Waals surface area contributed by atoms with E-state index >= 15 is 0 Å². The van der Waals surface area contributed by atoms with Crippen LogP contribution in [-0.4, -0.2) is 17.0 Å². The van der Waals surface area contributed by atoms with Crippen LogP contribution in [0.5, 0.6) is 0 Å². The van der Waals surface area contributed by atoms with E-state index in [2.05, 4.69) is 21.2 Å². The second kappa shape index (κ2) is 6.06. The maximum Gasteiger partial charge on any atom is 0.306 e. The van der Waals surface area contributed by atoms with Gasteiger partial charge in [0.15, 0.2) is 0 Å². The van der Waals surface area contributed by atoms with E-state index in [0.29, 0.717) is 30.5 Å². The number of aliphatic carboxylic acids is 1. The van der Waals surface area contributed by atoms with Crippen LogP contribution in [0.15, 0.2) is 22.7 Å². The first-order valence-corrected chi connectivity index (χ1v) is 7.04. The van der Waals surface area contributed by atoms with Gasteiger partial charge in [-0.1, -0.05) is 15.9 Å². The average Bonchev–Trinajstić information content (AvgIpc) is 2.89. The number of carboxylic acids is 1. The molecule has 0 heterocycles. The average molecular weight is 337 g/mol. The zero-order valence-electron chi connectivity index (χ0n) is 10.6. The molecule has 1 aromatic rings. The molecule has 5 nitrogen and oxygen atoms in total. The van der Waals surface area contributed by atoms with Crippen LogP contribution in [0.4, 0.5) is 5.69 Å². The molecule has 0 saturated heterocycles. The summed E-state index contributed by atoms with van der Waals surface area (Å²) in [4.78, 5) is 23.0. The summed E-state index contributed by atoms with van der Waals surface area (Å²) in [6.07, 6.45) is 1.45. The molecule has 0 radical (unpaired) electrons. The molecule has 1 aromatic carbocycles. The summed E-state index contributed by atoms with van der Waals surface area (Å²) in [6.45, 7) is 0. The minimum atomic E-state index is -0.847. The lowest BCUT2D eigenvalue weighted by Gasteiger charge is -2.12. The quantitative estimate of drug-likeness (QED) is 0.887. The SMILES string of the molecule is N#Cc1ccc(Br)cc1NC(=O)[C@@H]1CC[C@H](C(=O)O)C1. The molecular formula is C14H13BrN2O3. The molecule has 1 aliphatic rings. The van der Waals surface area contributed by atoms with Gasteiger partial charge >= 0.3 is 5.97 Å². The number of hydrogen-bond acceptors (Lipinski definition) is 3. The molecule has 2 N–H and O–H groups in total. The van der Waals surface area contributed by atoms with Crippen molar-refractivity contribution in [3.8, 4) is 6.07 Å². The molecule has 2 atom stereocenters. The Kier molecular flexibility index (Phi) is 4.40. The number of nitrogens with zero attached hydrogens (tertiary/aromatic N) is 1. The summed E-state index contributed by atoms with van der Waals surface area (Å²) >= 11 is 3.29. The Hall–Kier alpha value is -1.87. The fourth-order valence-electron chi connectivity index (χ4n) is 2.40. The predicted octanol–water partition coefficient (Wildman–Crippen LogP) is 2.76. The van der Waals surface area contributed by atoms with Crippen molar-refractivity contribution in [2.75, 3.05) is 5.32 Å². The Morgan fingerprint density at radius 3 is 2.65 bits per heavy atom. The van der Waals surface area contributed by atoms with Gasteiger partial charge in [0, 0.05) is 10.4 Å². The van der Waals surface area contributed by atoms with Crippen molar-refractivity contribution in [1.82, 2.24) is 0 Å². The van der Waals surface area contributed by atoms with Crippen LogP contribution >= 0.6 is 15.9 Å². The zero-order valence-corrected chi connectivity index (χ0v) is 12.2. The minimum Gasteiger partial charge on any atom is -0.481 e. The zero-order chi connectivity index (χ0) is 14.7. The van der Waals surface area contributed by atoms with Gasteiger partial charge in [-0.15, -0.1) is 0 Å². The lowest BCUT2D eigenvalue weighted by atomic mass is 10.0. The molecule has 104 valence electrons. The van der Waals surface area contributed by atoms with Crippen molar-refractivity contribution in [1.29, 1.82) is 5.26 Å². The number of anilines is 1. The third-order valence-corrected chi connectivity index (χ3v) is 4.01. The van der Waals surface area contributed by atoms with E-state index in [4.69, 9.17) is 10.4 Å². The molecule has 2 rings (SSSR count). The van der Waals surface area contributed by atoms with E-state index < -0.39 is 11.9 Å². The van der Waals surface area contributed by atoms with Gasteiger partial charge in [0.25, 0.3) is 0 Å². The number of carbonyl (C=O) groups is 2. The summed E-state index contributed by atoms with van der Waals surface area (Å²) in [5.41, 5.74) is 0.833. The molecule has 1 fully saturated rings. The number of carboxylic acid groups (broad SMARTS) is 1. The lowest BCUT2D eigenvalue weighted by molar-refractivity contribution is -0.141. The number of benzene rings is 1. The van der Waals surface area contributed by atoms with Gasteiger partial charge in [-0.25, -0.2) is 0 Å². The Bertz CT molecular complexity index is 595. The number of nitrogens with one attached hydrogen (secondary N) is 1. The number of rotatable bonds is 3. The monoisotopic (exact) mass is 336 g/mol. The van der Waals surface area contributed by atoms with Crippen LogP contribution in [0, 0.1) is 23.2 Å². The maximum absolute atomic E-state index is 12.1. The summed E-state index contributed by atoms with van der Waals surface area (Å²) in [5.74, 6) is -1.81. The van der Waals surface area contributed by atoms with E-state index in [0.717, 1.165) is 4.47 Å². The number of nitriles is 1. The first-order chi connectivity index (χ1) is 9.51. The molecule has 0 bridgehead atoms. The summed E-state index contributed by atoms with van der Waals surface area (Å²) in [5, 5.41) is 20.7. The van der Waals surface area contributed by atoms with Crippen molar-refractivity contribution in [3.63, 3.8) is 0 Å². The molecule has 0 unspecified atom stereocenters. The number of hydrogen-bond donors (Lipinski definition) is 2. The number of halogens is 1. The van der Waals surface area contributed by atoms with Crippen LogP contribution < -0.4 is 5.32 Å². The maximum atomic E-state index is 12.1. The fraction of sp³-hybridized carbons (Fsp3) is 0.357. The molecule has 1 amide bonds. The molecule has 0 aliphatic heterocycles. The highest BCUT2D eigenvalue weighted by Gasteiger charge is 2.33.